The molecule has 0 atom stereocenters. The molecule has 0 N–H and O–H groups in total. The number of carbonyl (C=O) groups is 1. The molecule has 0 fully saturated rings. The van der Waals surface area contributed by atoms with E-state index in [0.29, 0.717) is 17.7 Å². The third-order valence-corrected chi connectivity index (χ3v) is 5.23. The lowest BCUT2D eigenvalue weighted by atomic mass is 10.2. The van der Waals surface area contributed by atoms with Crippen molar-refractivity contribution in [2.24, 2.45) is 0 Å². The summed E-state index contributed by atoms with van der Waals surface area (Å²) in [6.07, 6.45) is 0.194. The highest BCUT2D eigenvalue weighted by molar-refractivity contribution is 7.99. The Hall–Kier alpha value is -0.210. The van der Waals surface area contributed by atoms with Crippen LogP contribution in [0.15, 0.2) is 29.2 Å². The van der Waals surface area contributed by atoms with Gasteiger partial charge in [-0.25, -0.2) is 15.0 Å². The average molecular weight is 538 g/mol. The van der Waals surface area contributed by atoms with E-state index in [4.69, 9.17) is 74.3 Å². The number of alkyl halides is 6. The average Bonchev–Trinajstić information content (AvgIpc) is 2.60. The molecule has 29 heavy (non-hydrogen) atoms. The Morgan fingerprint density at radius 1 is 0.966 bits per heavy atom. The molecule has 5 nitrogen and oxygen atoms in total. The summed E-state index contributed by atoms with van der Waals surface area (Å²) in [5.41, 5.74) is 0.613. The Bertz CT molecular complexity index is 821. The number of esters is 1. The highest BCUT2D eigenvalue weighted by Gasteiger charge is 2.34. The molecule has 0 spiro atoms. The normalized spacial score (nSPS) is 12.3. The van der Waals surface area contributed by atoms with Crippen LogP contribution in [0, 0.1) is 0 Å². The van der Waals surface area contributed by atoms with Crippen LogP contribution in [0.5, 0.6) is 0 Å². The summed E-state index contributed by atoms with van der Waals surface area (Å²) in [5.74, 6) is 0.241. The Kier molecular flexibility index (Phi) is 8.99. The number of halogens is 6. The summed E-state index contributed by atoms with van der Waals surface area (Å²) in [6, 6.07) is 7.24. The quantitative estimate of drug-likeness (QED) is 0.234. The number of hydrogen-bond donors (Lipinski definition) is 0. The molecule has 0 radical (unpaired) electrons. The van der Waals surface area contributed by atoms with Crippen LogP contribution < -0.4 is 0 Å². The minimum atomic E-state index is -1.91. The van der Waals surface area contributed by atoms with Gasteiger partial charge in [-0.1, -0.05) is 81.7 Å². The Morgan fingerprint density at radius 2 is 1.48 bits per heavy atom. The zero-order valence-electron chi connectivity index (χ0n) is 15.1. The summed E-state index contributed by atoms with van der Waals surface area (Å²) < 4.78 is 1.28. The van der Waals surface area contributed by atoms with Crippen molar-refractivity contribution < 1.29 is 9.53 Å². The van der Waals surface area contributed by atoms with Crippen LogP contribution in [0.2, 0.25) is 0 Å². The number of ether oxygens (including phenoxy) is 1. The fraction of sp³-hybridized carbons (Fsp3) is 0.412. The van der Waals surface area contributed by atoms with Gasteiger partial charge in [0.1, 0.15) is 0 Å². The van der Waals surface area contributed by atoms with Crippen LogP contribution >= 0.6 is 81.4 Å². The van der Waals surface area contributed by atoms with Gasteiger partial charge in [-0.05, 0) is 26.0 Å². The molecular weight excluding hydrogens is 523 g/mol. The zero-order chi connectivity index (χ0) is 21.8. The molecule has 0 saturated heterocycles. The van der Waals surface area contributed by atoms with Crippen LogP contribution in [-0.2, 0) is 17.1 Å². The van der Waals surface area contributed by atoms with E-state index in [1.807, 2.05) is 26.0 Å². The van der Waals surface area contributed by atoms with E-state index in [1.165, 1.54) is 11.8 Å². The Labute approximate surface area is 202 Å². The van der Waals surface area contributed by atoms with E-state index < -0.39 is 7.59 Å². The zero-order valence-corrected chi connectivity index (χ0v) is 20.5. The van der Waals surface area contributed by atoms with Crippen LogP contribution in [0.3, 0.4) is 0 Å². The topological polar surface area (TPSA) is 65.0 Å². The van der Waals surface area contributed by atoms with E-state index in [-0.39, 0.29) is 29.5 Å². The number of benzene rings is 1. The maximum absolute atomic E-state index is 11.6. The highest BCUT2D eigenvalue weighted by atomic mass is 35.6. The van der Waals surface area contributed by atoms with Crippen LogP contribution in [-0.4, -0.2) is 32.8 Å². The predicted molar refractivity (Wildman–Crippen MR) is 120 cm³/mol. The molecule has 0 aliphatic carbocycles. The molecule has 158 valence electrons. The fourth-order valence-electron chi connectivity index (χ4n) is 2.03. The second-order valence-corrected chi connectivity index (χ2v) is 11.7. The predicted octanol–water partition coefficient (Wildman–Crippen LogP) is 6.63. The van der Waals surface area contributed by atoms with Crippen molar-refractivity contribution in [2.45, 2.75) is 38.9 Å². The van der Waals surface area contributed by atoms with Gasteiger partial charge in [0.05, 0.1) is 12.5 Å². The van der Waals surface area contributed by atoms with E-state index in [9.17, 15) is 4.79 Å². The minimum Gasteiger partial charge on any atom is -0.463 e. The summed E-state index contributed by atoms with van der Waals surface area (Å²) in [5, 5.41) is 0. The third-order valence-electron chi connectivity index (χ3n) is 3.20. The van der Waals surface area contributed by atoms with Crippen molar-refractivity contribution in [1.82, 2.24) is 15.0 Å². The second kappa shape index (κ2) is 10.4. The number of thioether (sulfide) groups is 1. The summed E-state index contributed by atoms with van der Waals surface area (Å²) >= 11 is 36.8. The number of aromatic nitrogens is 3. The largest absolute Gasteiger partial charge is 0.463 e. The van der Waals surface area contributed by atoms with Crippen molar-refractivity contribution in [3.05, 3.63) is 35.9 Å². The van der Waals surface area contributed by atoms with Gasteiger partial charge in [-0.3, -0.25) is 4.79 Å². The molecule has 0 aliphatic rings. The molecule has 1 aromatic carbocycles. The van der Waals surface area contributed by atoms with Crippen molar-refractivity contribution in [3.63, 3.8) is 0 Å². The molecule has 2 aromatic rings. The molecule has 0 amide bonds. The lowest BCUT2D eigenvalue weighted by Gasteiger charge is -2.15. The summed E-state index contributed by atoms with van der Waals surface area (Å²) in [7, 11) is 0. The molecule has 1 heterocycles. The first kappa shape index (κ1) is 25.1. The smallest absolute Gasteiger partial charge is 0.306 e. The van der Waals surface area contributed by atoms with Crippen molar-refractivity contribution >= 4 is 87.3 Å². The summed E-state index contributed by atoms with van der Waals surface area (Å²) in [6.45, 7) is 3.63. The van der Waals surface area contributed by atoms with E-state index in [2.05, 4.69) is 15.0 Å². The second-order valence-electron chi connectivity index (χ2n) is 5.96. The lowest BCUT2D eigenvalue weighted by molar-refractivity contribution is -0.146. The van der Waals surface area contributed by atoms with Gasteiger partial charge in [-0.2, -0.15) is 0 Å². The Morgan fingerprint density at radius 3 is 1.93 bits per heavy atom. The Balaban J connectivity index is 2.17. The number of nitrogens with zero attached hydrogens (tertiary/aromatic N) is 3. The van der Waals surface area contributed by atoms with Gasteiger partial charge in [0.25, 0.3) is 0 Å². The molecule has 0 unspecified atom stereocenters. The van der Waals surface area contributed by atoms with Crippen LogP contribution in [0.25, 0.3) is 11.4 Å². The number of carbonyl (C=O) groups excluding carboxylic acids is 1. The first-order valence-corrected chi connectivity index (χ1v) is 11.4. The first-order valence-electron chi connectivity index (χ1n) is 8.19. The molecular formula is C17H15Cl6N3O2S. The monoisotopic (exact) mass is 535 g/mol. The standard InChI is InChI=1S/C17H15Cl6N3O2S/c1-9(2)28-12(27)7-8-29-11-5-3-10(4-6-11)13-24-14(16(18,19)20)26-15(25-13)17(21,22)23/h3-6,9H,7-8H2,1-2H3. The van der Waals surface area contributed by atoms with Crippen molar-refractivity contribution in [1.29, 1.82) is 0 Å². The van der Waals surface area contributed by atoms with Gasteiger partial charge in [0.2, 0.25) is 7.59 Å². The van der Waals surface area contributed by atoms with Crippen LogP contribution in [0.1, 0.15) is 31.9 Å². The molecule has 2 rings (SSSR count). The highest BCUT2D eigenvalue weighted by Crippen LogP contribution is 2.40. The minimum absolute atomic E-state index is 0.123. The fourth-order valence-corrected chi connectivity index (χ4v) is 3.37. The van der Waals surface area contributed by atoms with Crippen LogP contribution in [0.4, 0.5) is 0 Å². The molecule has 0 bridgehead atoms. The summed E-state index contributed by atoms with van der Waals surface area (Å²) in [4.78, 5) is 24.8. The van der Waals surface area contributed by atoms with Crippen molar-refractivity contribution in [3.8, 4) is 11.4 Å². The lowest BCUT2D eigenvalue weighted by Crippen LogP contribution is -2.16. The number of rotatable bonds is 6. The maximum atomic E-state index is 11.6. The number of hydrogen-bond acceptors (Lipinski definition) is 6. The molecule has 0 aliphatic heterocycles. The van der Waals surface area contributed by atoms with Gasteiger partial charge in [0.15, 0.2) is 17.5 Å². The van der Waals surface area contributed by atoms with E-state index >= 15 is 0 Å². The van der Waals surface area contributed by atoms with Gasteiger partial charge in [0, 0.05) is 16.2 Å². The van der Waals surface area contributed by atoms with Gasteiger partial charge < -0.3 is 4.74 Å². The van der Waals surface area contributed by atoms with Gasteiger partial charge >= 0.3 is 5.97 Å². The van der Waals surface area contributed by atoms with Gasteiger partial charge in [-0.15, -0.1) is 11.8 Å². The third kappa shape index (κ3) is 8.09. The first-order chi connectivity index (χ1) is 13.4. The SMILES string of the molecule is CC(C)OC(=O)CCSc1ccc(-c2nc(C(Cl)(Cl)Cl)nc(C(Cl)(Cl)Cl)n2)cc1. The maximum Gasteiger partial charge on any atom is 0.306 e. The molecule has 12 heteroatoms. The van der Waals surface area contributed by atoms with E-state index in [1.54, 1.807) is 12.1 Å². The molecule has 0 saturated carbocycles. The van der Waals surface area contributed by atoms with Crippen molar-refractivity contribution in [2.75, 3.05) is 5.75 Å². The van der Waals surface area contributed by atoms with E-state index in [0.717, 1.165) is 4.90 Å². The molecule has 1 aromatic heterocycles.